The molecule has 0 radical (unpaired) electrons. The van der Waals surface area contributed by atoms with Crippen molar-refractivity contribution < 1.29 is 14.2 Å². The first kappa shape index (κ1) is 11.2. The highest BCUT2D eigenvalue weighted by molar-refractivity contribution is 5.13. The standard InChI is InChI=1S/C13H17NO3/c1-15-13-11-12(10(17-13)7-14-11)16-8-9-5-3-2-4-6-9/h2-6,10-14H,7-8H2,1H3/t10-,11+,12+,13-/m1/s1. The summed E-state index contributed by atoms with van der Waals surface area (Å²) in [5.74, 6) is 0. The molecule has 2 saturated heterocycles. The molecule has 0 aromatic heterocycles. The molecule has 0 amide bonds. The van der Waals surface area contributed by atoms with Gasteiger partial charge in [0.15, 0.2) is 6.29 Å². The van der Waals surface area contributed by atoms with E-state index in [2.05, 4.69) is 17.4 Å². The van der Waals surface area contributed by atoms with Crippen LogP contribution in [-0.4, -0.2) is 38.2 Å². The van der Waals surface area contributed by atoms with E-state index in [0.29, 0.717) is 6.61 Å². The first-order valence-electron chi connectivity index (χ1n) is 5.95. The van der Waals surface area contributed by atoms with E-state index in [9.17, 15) is 0 Å². The highest BCUT2D eigenvalue weighted by atomic mass is 16.7. The normalized spacial score (nSPS) is 35.4. The van der Waals surface area contributed by atoms with Gasteiger partial charge in [0.05, 0.1) is 12.6 Å². The second-order valence-electron chi connectivity index (χ2n) is 4.47. The number of hydrogen-bond donors (Lipinski definition) is 1. The summed E-state index contributed by atoms with van der Waals surface area (Å²) in [6.45, 7) is 1.48. The van der Waals surface area contributed by atoms with E-state index in [1.165, 1.54) is 5.56 Å². The van der Waals surface area contributed by atoms with Gasteiger partial charge in [-0.05, 0) is 5.56 Å². The molecule has 4 heteroatoms. The van der Waals surface area contributed by atoms with Crippen molar-refractivity contribution in [2.24, 2.45) is 0 Å². The Bertz CT molecular complexity index is 370. The van der Waals surface area contributed by atoms with Gasteiger partial charge in [0.1, 0.15) is 12.2 Å². The van der Waals surface area contributed by atoms with Gasteiger partial charge in [0.25, 0.3) is 0 Å². The molecule has 0 aliphatic carbocycles. The predicted octanol–water partition coefficient (Wildman–Crippen LogP) is 0.915. The Labute approximate surface area is 101 Å². The second kappa shape index (κ2) is 4.74. The van der Waals surface area contributed by atoms with Crippen LogP contribution in [0, 0.1) is 0 Å². The van der Waals surface area contributed by atoms with Gasteiger partial charge >= 0.3 is 0 Å². The summed E-state index contributed by atoms with van der Waals surface area (Å²) >= 11 is 0. The van der Waals surface area contributed by atoms with Crippen molar-refractivity contribution in [1.82, 2.24) is 5.32 Å². The molecular weight excluding hydrogens is 218 g/mol. The summed E-state index contributed by atoms with van der Waals surface area (Å²) in [5.41, 5.74) is 1.19. The molecule has 92 valence electrons. The number of nitrogens with one attached hydrogen (secondary N) is 1. The lowest BCUT2D eigenvalue weighted by Gasteiger charge is -2.20. The molecule has 0 saturated carbocycles. The van der Waals surface area contributed by atoms with Gasteiger partial charge in [-0.15, -0.1) is 0 Å². The Morgan fingerprint density at radius 2 is 2.18 bits per heavy atom. The van der Waals surface area contributed by atoms with Crippen LogP contribution in [0.3, 0.4) is 0 Å². The maximum atomic E-state index is 5.94. The third-order valence-corrected chi connectivity index (χ3v) is 3.39. The molecule has 0 unspecified atom stereocenters. The summed E-state index contributed by atoms with van der Waals surface area (Å²) in [6.07, 6.45) is 0.0448. The van der Waals surface area contributed by atoms with Crippen molar-refractivity contribution >= 4 is 0 Å². The molecule has 0 spiro atoms. The molecule has 1 aromatic carbocycles. The van der Waals surface area contributed by atoms with E-state index >= 15 is 0 Å². The van der Waals surface area contributed by atoms with Crippen LogP contribution in [0.25, 0.3) is 0 Å². The highest BCUT2D eigenvalue weighted by Crippen LogP contribution is 2.29. The Kier molecular flexibility index (Phi) is 3.11. The van der Waals surface area contributed by atoms with Crippen molar-refractivity contribution in [3.8, 4) is 0 Å². The Morgan fingerprint density at radius 3 is 2.88 bits per heavy atom. The van der Waals surface area contributed by atoms with E-state index in [0.717, 1.165) is 6.54 Å². The molecule has 2 heterocycles. The summed E-state index contributed by atoms with van der Waals surface area (Å²) in [5, 5.41) is 3.37. The number of benzene rings is 1. The second-order valence-corrected chi connectivity index (χ2v) is 4.47. The van der Waals surface area contributed by atoms with Gasteiger partial charge in [-0.25, -0.2) is 0 Å². The minimum absolute atomic E-state index is 0.0974. The fourth-order valence-corrected chi connectivity index (χ4v) is 2.53. The van der Waals surface area contributed by atoms with Gasteiger partial charge in [0, 0.05) is 13.7 Å². The summed E-state index contributed by atoms with van der Waals surface area (Å²) < 4.78 is 16.9. The van der Waals surface area contributed by atoms with Gasteiger partial charge in [-0.2, -0.15) is 0 Å². The Hall–Kier alpha value is -0.940. The molecule has 17 heavy (non-hydrogen) atoms. The van der Waals surface area contributed by atoms with Crippen LogP contribution in [0.2, 0.25) is 0 Å². The van der Waals surface area contributed by atoms with Crippen molar-refractivity contribution in [1.29, 1.82) is 0 Å². The van der Waals surface area contributed by atoms with Crippen LogP contribution in [0.5, 0.6) is 0 Å². The van der Waals surface area contributed by atoms with Crippen molar-refractivity contribution in [2.75, 3.05) is 13.7 Å². The first-order chi connectivity index (χ1) is 8.38. The van der Waals surface area contributed by atoms with E-state index in [1.54, 1.807) is 7.11 Å². The molecule has 2 bridgehead atoms. The maximum absolute atomic E-state index is 5.94. The monoisotopic (exact) mass is 235 g/mol. The van der Waals surface area contributed by atoms with Gasteiger partial charge in [-0.1, -0.05) is 30.3 Å². The van der Waals surface area contributed by atoms with Crippen LogP contribution in [-0.2, 0) is 20.8 Å². The lowest BCUT2D eigenvalue weighted by molar-refractivity contribution is -0.139. The average Bonchev–Trinajstić information content (AvgIpc) is 2.94. The highest BCUT2D eigenvalue weighted by Gasteiger charge is 2.50. The number of ether oxygens (including phenoxy) is 3. The molecule has 1 N–H and O–H groups in total. The van der Waals surface area contributed by atoms with E-state index in [4.69, 9.17) is 14.2 Å². The van der Waals surface area contributed by atoms with Gasteiger partial charge in [-0.3, -0.25) is 0 Å². The molecule has 3 rings (SSSR count). The van der Waals surface area contributed by atoms with Crippen LogP contribution < -0.4 is 5.32 Å². The average molecular weight is 235 g/mol. The third-order valence-electron chi connectivity index (χ3n) is 3.39. The largest absolute Gasteiger partial charge is 0.369 e. The first-order valence-corrected chi connectivity index (χ1v) is 5.95. The van der Waals surface area contributed by atoms with E-state index in [1.807, 2.05) is 18.2 Å². The van der Waals surface area contributed by atoms with Crippen molar-refractivity contribution in [2.45, 2.75) is 31.1 Å². The molecule has 4 atom stereocenters. The van der Waals surface area contributed by atoms with Crippen molar-refractivity contribution in [3.63, 3.8) is 0 Å². The SMILES string of the molecule is CO[C@@H]1O[C@@H]2CN[C@H]1[C@H]2OCc1ccccc1. The van der Waals surface area contributed by atoms with E-state index in [-0.39, 0.29) is 24.5 Å². The lowest BCUT2D eigenvalue weighted by Crippen LogP contribution is -2.42. The maximum Gasteiger partial charge on any atom is 0.175 e. The zero-order valence-corrected chi connectivity index (χ0v) is 9.84. The summed E-state index contributed by atoms with van der Waals surface area (Å²) in [4.78, 5) is 0. The zero-order valence-electron chi connectivity index (χ0n) is 9.84. The van der Waals surface area contributed by atoms with Crippen LogP contribution in [0.15, 0.2) is 30.3 Å². The predicted molar refractivity (Wildman–Crippen MR) is 62.5 cm³/mol. The summed E-state index contributed by atoms with van der Waals surface area (Å²) in [6, 6.07) is 10.4. The molecule has 2 aliphatic heterocycles. The van der Waals surface area contributed by atoms with Crippen LogP contribution >= 0.6 is 0 Å². The Balaban J connectivity index is 1.60. The smallest absolute Gasteiger partial charge is 0.175 e. The fraction of sp³-hybridized carbons (Fsp3) is 0.538. The van der Waals surface area contributed by atoms with Crippen molar-refractivity contribution in [3.05, 3.63) is 35.9 Å². The number of fused-ring (bicyclic) bond motifs is 2. The van der Waals surface area contributed by atoms with Crippen LogP contribution in [0.4, 0.5) is 0 Å². The topological polar surface area (TPSA) is 39.7 Å². The van der Waals surface area contributed by atoms with Gasteiger partial charge < -0.3 is 19.5 Å². The van der Waals surface area contributed by atoms with E-state index < -0.39 is 0 Å². The van der Waals surface area contributed by atoms with Gasteiger partial charge in [0.2, 0.25) is 0 Å². The number of hydrogen-bond acceptors (Lipinski definition) is 4. The Morgan fingerprint density at radius 1 is 1.35 bits per heavy atom. The molecule has 2 fully saturated rings. The van der Waals surface area contributed by atoms with Crippen LogP contribution in [0.1, 0.15) is 5.56 Å². The zero-order chi connectivity index (χ0) is 11.7. The number of rotatable bonds is 4. The lowest BCUT2D eigenvalue weighted by atomic mass is 10.2. The third kappa shape index (κ3) is 2.09. The summed E-state index contributed by atoms with van der Waals surface area (Å²) in [7, 11) is 1.67. The molecule has 4 nitrogen and oxygen atoms in total. The minimum atomic E-state index is -0.172. The molecular formula is C13H17NO3. The fourth-order valence-electron chi connectivity index (χ4n) is 2.53. The number of methoxy groups -OCH3 is 1. The quantitative estimate of drug-likeness (QED) is 0.842. The molecule has 1 aromatic rings. The minimum Gasteiger partial charge on any atom is -0.369 e. The number of morpholine rings is 1. The molecule has 2 aliphatic rings.